The molecule has 40 heavy (non-hydrogen) atoms. The van der Waals surface area contributed by atoms with Crippen molar-refractivity contribution in [3.05, 3.63) is 72.8 Å². The highest BCUT2D eigenvalue weighted by atomic mass is 16.6. The third kappa shape index (κ3) is 5.40. The van der Waals surface area contributed by atoms with E-state index in [0.717, 1.165) is 38.4 Å². The van der Waals surface area contributed by atoms with Gasteiger partial charge in [0.25, 0.3) is 0 Å². The first-order valence-corrected chi connectivity index (χ1v) is 13.8. The molecule has 0 aromatic heterocycles. The van der Waals surface area contributed by atoms with Gasteiger partial charge in [-0.3, -0.25) is 4.79 Å². The Morgan fingerprint density at radius 1 is 0.550 bits per heavy atom. The van der Waals surface area contributed by atoms with Crippen LogP contribution in [0.4, 0.5) is 0 Å². The number of rotatable bonds is 9. The molecule has 0 amide bonds. The Labute approximate surface area is 238 Å². The Balaban J connectivity index is 2.04. The molecule has 4 rings (SSSR count). The second-order valence-corrected chi connectivity index (χ2v) is 12.4. The van der Waals surface area contributed by atoms with Crippen LogP contribution >= 0.6 is 0 Å². The predicted octanol–water partition coefficient (Wildman–Crippen LogP) is 8.74. The zero-order chi connectivity index (χ0) is 29.5. The van der Waals surface area contributed by atoms with Crippen molar-refractivity contribution < 1.29 is 23.7 Å². The Hall–Kier alpha value is -3.57. The monoisotopic (exact) mass is 542 g/mol. The molecule has 0 saturated carbocycles. The number of benzene rings is 4. The van der Waals surface area contributed by atoms with Crippen LogP contribution in [0.3, 0.4) is 0 Å². The molecule has 4 aromatic rings. The van der Waals surface area contributed by atoms with Gasteiger partial charge in [0, 0.05) is 25.2 Å². The Morgan fingerprint density at radius 3 is 1.35 bits per heavy atom. The quantitative estimate of drug-likeness (QED) is 0.198. The maximum atomic E-state index is 11.9. The Bertz CT molecular complexity index is 1540. The van der Waals surface area contributed by atoms with Crippen molar-refractivity contribution in [2.45, 2.75) is 84.7 Å². The SMILES string of the molecule is COC(C)(C)C(C)(C)Oc1ccc2ccccc2c1-c1c(OC(C)(C)C(C)(C)OC(C)=O)ccc2ccccc12. The van der Waals surface area contributed by atoms with E-state index in [2.05, 4.69) is 36.4 Å². The predicted molar refractivity (Wildman–Crippen MR) is 163 cm³/mol. The summed E-state index contributed by atoms with van der Waals surface area (Å²) in [5.74, 6) is 1.05. The zero-order valence-corrected chi connectivity index (χ0v) is 25.5. The highest BCUT2D eigenvalue weighted by molar-refractivity contribution is 6.09. The number of methoxy groups -OCH3 is 1. The number of carbonyl (C=O) groups is 1. The number of ether oxygens (including phenoxy) is 4. The van der Waals surface area contributed by atoms with Crippen molar-refractivity contribution in [1.29, 1.82) is 0 Å². The molecule has 5 heteroatoms. The summed E-state index contributed by atoms with van der Waals surface area (Å²) in [4.78, 5) is 11.9. The zero-order valence-electron chi connectivity index (χ0n) is 25.5. The van der Waals surface area contributed by atoms with Crippen molar-refractivity contribution in [2.75, 3.05) is 7.11 Å². The number of hydrogen-bond donors (Lipinski definition) is 0. The van der Waals surface area contributed by atoms with Crippen molar-refractivity contribution >= 4 is 27.5 Å². The number of esters is 1. The number of hydrogen-bond acceptors (Lipinski definition) is 5. The molecular formula is C35H42O5. The molecule has 5 nitrogen and oxygen atoms in total. The molecule has 0 N–H and O–H groups in total. The molecule has 0 unspecified atom stereocenters. The minimum Gasteiger partial charge on any atom is -0.484 e. The van der Waals surface area contributed by atoms with E-state index in [0.29, 0.717) is 5.75 Å². The van der Waals surface area contributed by atoms with Crippen molar-refractivity contribution in [3.8, 4) is 22.6 Å². The summed E-state index contributed by atoms with van der Waals surface area (Å²) in [6.45, 7) is 17.2. The summed E-state index contributed by atoms with van der Waals surface area (Å²) in [6, 6.07) is 24.8. The van der Waals surface area contributed by atoms with Crippen molar-refractivity contribution in [3.63, 3.8) is 0 Å². The van der Waals surface area contributed by atoms with Gasteiger partial charge in [-0.05, 0) is 89.1 Å². The summed E-state index contributed by atoms with van der Waals surface area (Å²) in [7, 11) is 1.70. The molecule has 0 radical (unpaired) electrons. The van der Waals surface area contributed by atoms with Gasteiger partial charge in [-0.25, -0.2) is 0 Å². The second-order valence-electron chi connectivity index (χ2n) is 12.4. The third-order valence-corrected chi connectivity index (χ3v) is 8.57. The smallest absolute Gasteiger partial charge is 0.303 e. The second kappa shape index (κ2) is 10.4. The fraction of sp³-hybridized carbons (Fsp3) is 0.400. The fourth-order valence-corrected chi connectivity index (χ4v) is 4.71. The molecule has 0 spiro atoms. The average Bonchev–Trinajstić information content (AvgIpc) is 2.87. The lowest BCUT2D eigenvalue weighted by atomic mass is 9.87. The first-order valence-electron chi connectivity index (χ1n) is 13.8. The van der Waals surface area contributed by atoms with Gasteiger partial charge in [0.2, 0.25) is 0 Å². The van der Waals surface area contributed by atoms with Crippen LogP contribution in [0.25, 0.3) is 32.7 Å². The van der Waals surface area contributed by atoms with Crippen LogP contribution in [0.5, 0.6) is 11.5 Å². The summed E-state index contributed by atoms with van der Waals surface area (Å²) in [5, 5.41) is 4.25. The number of carbonyl (C=O) groups excluding carboxylic acids is 1. The van der Waals surface area contributed by atoms with E-state index in [-0.39, 0.29) is 5.97 Å². The van der Waals surface area contributed by atoms with Crippen molar-refractivity contribution in [2.24, 2.45) is 0 Å². The van der Waals surface area contributed by atoms with Gasteiger partial charge in [-0.2, -0.15) is 0 Å². The largest absolute Gasteiger partial charge is 0.484 e. The van der Waals surface area contributed by atoms with Crippen molar-refractivity contribution in [1.82, 2.24) is 0 Å². The van der Waals surface area contributed by atoms with E-state index in [1.54, 1.807) is 7.11 Å². The first-order chi connectivity index (χ1) is 18.6. The van der Waals surface area contributed by atoms with Gasteiger partial charge in [-0.15, -0.1) is 0 Å². The van der Waals surface area contributed by atoms with Gasteiger partial charge < -0.3 is 18.9 Å². The van der Waals surface area contributed by atoms with Crippen LogP contribution in [0.15, 0.2) is 72.8 Å². The van der Waals surface area contributed by atoms with Crippen LogP contribution in [0, 0.1) is 0 Å². The van der Waals surface area contributed by atoms with Crippen LogP contribution in [-0.2, 0) is 14.3 Å². The molecule has 0 heterocycles. The van der Waals surface area contributed by atoms with E-state index in [9.17, 15) is 4.79 Å². The van der Waals surface area contributed by atoms with Gasteiger partial charge in [-0.1, -0.05) is 60.7 Å². The molecule has 0 fully saturated rings. The van der Waals surface area contributed by atoms with Crippen LogP contribution < -0.4 is 9.47 Å². The summed E-state index contributed by atoms with van der Waals surface area (Å²) >= 11 is 0. The molecule has 212 valence electrons. The molecule has 0 bridgehead atoms. The fourth-order valence-electron chi connectivity index (χ4n) is 4.71. The average molecular weight is 543 g/mol. The standard InChI is InChI=1S/C35H42O5/c1-23(36)38-34(6,7)35(8,9)40-29-22-20-25-16-12-14-18-27(25)31(29)30-26-17-13-11-15-24(26)19-21-28(30)39-33(4,5)32(2,3)37-10/h11-22H,1-10H3. The molecule has 0 aliphatic heterocycles. The van der Waals surface area contributed by atoms with Gasteiger partial charge >= 0.3 is 5.97 Å². The van der Waals surface area contributed by atoms with Gasteiger partial charge in [0.15, 0.2) is 0 Å². The molecule has 0 saturated heterocycles. The highest BCUT2D eigenvalue weighted by Gasteiger charge is 2.43. The van der Waals surface area contributed by atoms with E-state index >= 15 is 0 Å². The Kier molecular flexibility index (Phi) is 7.68. The van der Waals surface area contributed by atoms with Gasteiger partial charge in [0.1, 0.15) is 33.9 Å². The minimum absolute atomic E-state index is 0.354. The van der Waals surface area contributed by atoms with E-state index in [1.165, 1.54) is 6.92 Å². The molecule has 4 aromatic carbocycles. The van der Waals surface area contributed by atoms with E-state index in [1.807, 2.05) is 91.8 Å². The maximum Gasteiger partial charge on any atom is 0.303 e. The lowest BCUT2D eigenvalue weighted by molar-refractivity contribution is -0.173. The molecular weight excluding hydrogens is 500 g/mol. The summed E-state index contributed by atoms with van der Waals surface area (Å²) in [6.07, 6.45) is 0. The van der Waals surface area contributed by atoms with Gasteiger partial charge in [0.05, 0.1) is 0 Å². The normalized spacial score (nSPS) is 12.9. The lowest BCUT2D eigenvalue weighted by Crippen LogP contribution is -2.52. The Morgan fingerprint density at radius 2 is 0.950 bits per heavy atom. The summed E-state index contributed by atoms with van der Waals surface area (Å²) in [5.41, 5.74) is -1.14. The van der Waals surface area contributed by atoms with Crippen LogP contribution in [-0.4, -0.2) is 35.5 Å². The number of fused-ring (bicyclic) bond motifs is 2. The van der Waals surface area contributed by atoms with Crippen LogP contribution in [0.2, 0.25) is 0 Å². The van der Waals surface area contributed by atoms with E-state index < -0.39 is 22.4 Å². The molecule has 0 atom stereocenters. The molecule has 0 aliphatic carbocycles. The third-order valence-electron chi connectivity index (χ3n) is 8.57. The molecule has 0 aliphatic rings. The maximum absolute atomic E-state index is 11.9. The van der Waals surface area contributed by atoms with Crippen LogP contribution in [0.1, 0.15) is 62.3 Å². The summed E-state index contributed by atoms with van der Waals surface area (Å²) < 4.78 is 25.2. The lowest BCUT2D eigenvalue weighted by Gasteiger charge is -2.42. The highest BCUT2D eigenvalue weighted by Crippen LogP contribution is 2.48. The van der Waals surface area contributed by atoms with E-state index in [4.69, 9.17) is 18.9 Å². The first kappa shape index (κ1) is 29.4. The topological polar surface area (TPSA) is 54.0 Å². The minimum atomic E-state index is -0.898.